The highest BCUT2D eigenvalue weighted by Crippen LogP contribution is 2.43. The van der Waals surface area contributed by atoms with Gasteiger partial charge in [-0.1, -0.05) is 0 Å². The Bertz CT molecular complexity index is 1000. The van der Waals surface area contributed by atoms with Crippen LogP contribution in [0.2, 0.25) is 0 Å². The quantitative estimate of drug-likeness (QED) is 0.413. The minimum Gasteiger partial charge on any atom is -0.507 e. The normalized spacial score (nSPS) is 17.0. The van der Waals surface area contributed by atoms with Crippen molar-refractivity contribution in [2.24, 2.45) is 16.5 Å². The lowest BCUT2D eigenvalue weighted by Crippen LogP contribution is -2.40. The molecular formula is C23H31ClN4O3. The van der Waals surface area contributed by atoms with E-state index >= 15 is 0 Å². The third-order valence-corrected chi connectivity index (χ3v) is 5.92. The molecule has 0 radical (unpaired) electrons. The maximum absolute atomic E-state index is 12.4. The van der Waals surface area contributed by atoms with E-state index in [2.05, 4.69) is 17.2 Å². The summed E-state index contributed by atoms with van der Waals surface area (Å²) in [7, 11) is 0. The molecule has 1 amide bonds. The first-order chi connectivity index (χ1) is 14.1. The second-order valence-corrected chi connectivity index (χ2v) is 8.17. The summed E-state index contributed by atoms with van der Waals surface area (Å²) in [5, 5.41) is 13.3. The average Bonchev–Trinajstić information content (AvgIpc) is 2.70. The smallest absolute Gasteiger partial charge is 0.251 e. The molecule has 3 rings (SSSR count). The number of guanidine groups is 1. The molecule has 2 aromatic rings. The van der Waals surface area contributed by atoms with Crippen LogP contribution in [0.1, 0.15) is 52.4 Å². The third-order valence-electron chi connectivity index (χ3n) is 5.92. The van der Waals surface area contributed by atoms with Crippen LogP contribution in [0.15, 0.2) is 29.3 Å². The van der Waals surface area contributed by atoms with Gasteiger partial charge in [0.05, 0.1) is 5.69 Å². The van der Waals surface area contributed by atoms with Crippen LogP contribution in [0.4, 0.5) is 5.69 Å². The number of hydrogen-bond donors (Lipinski definition) is 4. The number of carbonyl (C=O) groups is 1. The van der Waals surface area contributed by atoms with Crippen LogP contribution in [0.3, 0.4) is 0 Å². The molecular weight excluding hydrogens is 416 g/mol. The first kappa shape index (κ1) is 24.3. The number of ether oxygens (including phenoxy) is 1. The SMILES string of the molecule is Cc1c(C)c2c(c(C)c1O)CCC(C)(CCNC(=O)c1ccc(N=C(N)N)cc1)O2.Cl. The summed E-state index contributed by atoms with van der Waals surface area (Å²) in [6.07, 6.45) is 2.35. The van der Waals surface area contributed by atoms with E-state index < -0.39 is 0 Å². The second kappa shape index (κ2) is 9.47. The molecule has 7 nitrogen and oxygen atoms in total. The van der Waals surface area contributed by atoms with E-state index in [1.165, 1.54) is 0 Å². The molecule has 0 aliphatic carbocycles. The summed E-state index contributed by atoms with van der Waals surface area (Å²) < 4.78 is 6.41. The van der Waals surface area contributed by atoms with Crippen LogP contribution in [0.25, 0.3) is 0 Å². The summed E-state index contributed by atoms with van der Waals surface area (Å²) in [5.41, 5.74) is 15.3. The zero-order chi connectivity index (χ0) is 22.1. The molecule has 0 aromatic heterocycles. The number of benzene rings is 2. The van der Waals surface area contributed by atoms with E-state index in [1.54, 1.807) is 24.3 Å². The highest BCUT2D eigenvalue weighted by atomic mass is 35.5. The molecule has 168 valence electrons. The van der Waals surface area contributed by atoms with Gasteiger partial charge in [-0.15, -0.1) is 12.4 Å². The first-order valence-corrected chi connectivity index (χ1v) is 10.1. The number of fused-ring (bicyclic) bond motifs is 1. The zero-order valence-corrected chi connectivity index (χ0v) is 19.2. The summed E-state index contributed by atoms with van der Waals surface area (Å²) in [5.74, 6) is 1.05. The molecule has 1 aliphatic rings. The third kappa shape index (κ3) is 5.22. The number of amides is 1. The predicted octanol–water partition coefficient (Wildman–Crippen LogP) is 3.55. The second-order valence-electron chi connectivity index (χ2n) is 8.17. The number of nitrogens with two attached hydrogens (primary N) is 2. The van der Waals surface area contributed by atoms with E-state index in [0.717, 1.165) is 40.8 Å². The van der Waals surface area contributed by atoms with Crippen molar-refractivity contribution in [1.82, 2.24) is 5.32 Å². The number of aromatic hydroxyl groups is 1. The Kier molecular flexibility index (Phi) is 7.44. The fourth-order valence-corrected chi connectivity index (χ4v) is 3.85. The molecule has 2 aromatic carbocycles. The van der Waals surface area contributed by atoms with Crippen LogP contribution in [-0.4, -0.2) is 29.1 Å². The van der Waals surface area contributed by atoms with Gasteiger partial charge in [-0.05, 0) is 81.5 Å². The molecule has 1 heterocycles. The molecule has 31 heavy (non-hydrogen) atoms. The van der Waals surface area contributed by atoms with Gasteiger partial charge in [-0.3, -0.25) is 4.79 Å². The number of hydrogen-bond acceptors (Lipinski definition) is 4. The Morgan fingerprint density at radius 3 is 2.42 bits per heavy atom. The standard InChI is InChI=1S/C23H30N4O3.ClH/c1-13-14(2)20-18(15(3)19(13)28)9-10-23(4,30-20)11-12-26-21(29)16-5-7-17(8-6-16)27-22(24)25;/h5-8,28H,9-12H2,1-4H3,(H,26,29)(H4,24,25,27);1H. The molecule has 1 unspecified atom stereocenters. The minimum atomic E-state index is -0.377. The summed E-state index contributed by atoms with van der Waals surface area (Å²) in [6.45, 7) is 8.39. The van der Waals surface area contributed by atoms with E-state index in [1.807, 2.05) is 20.8 Å². The molecule has 6 N–H and O–H groups in total. The monoisotopic (exact) mass is 446 g/mol. The number of phenols is 1. The summed E-state index contributed by atoms with van der Waals surface area (Å²) in [6, 6.07) is 6.76. The summed E-state index contributed by atoms with van der Waals surface area (Å²) in [4.78, 5) is 16.4. The van der Waals surface area contributed by atoms with Crippen molar-refractivity contribution in [3.05, 3.63) is 52.1 Å². The number of carbonyl (C=O) groups excluding carboxylic acids is 1. The Morgan fingerprint density at radius 1 is 1.16 bits per heavy atom. The van der Waals surface area contributed by atoms with Crippen molar-refractivity contribution in [3.8, 4) is 11.5 Å². The molecule has 0 spiro atoms. The first-order valence-electron chi connectivity index (χ1n) is 10.1. The van der Waals surface area contributed by atoms with Crippen LogP contribution in [0, 0.1) is 20.8 Å². The molecule has 0 fully saturated rings. The summed E-state index contributed by atoms with van der Waals surface area (Å²) >= 11 is 0. The van der Waals surface area contributed by atoms with Crippen molar-refractivity contribution in [3.63, 3.8) is 0 Å². The topological polar surface area (TPSA) is 123 Å². The van der Waals surface area contributed by atoms with Gasteiger partial charge in [0.1, 0.15) is 17.1 Å². The lowest BCUT2D eigenvalue weighted by atomic mass is 9.85. The predicted molar refractivity (Wildman–Crippen MR) is 126 cm³/mol. The number of nitrogens with zero attached hydrogens (tertiary/aromatic N) is 1. The Labute approximate surface area is 189 Å². The molecule has 0 bridgehead atoms. The van der Waals surface area contributed by atoms with Crippen molar-refractivity contribution < 1.29 is 14.6 Å². The van der Waals surface area contributed by atoms with Gasteiger partial charge >= 0.3 is 0 Å². The van der Waals surface area contributed by atoms with Crippen molar-refractivity contribution >= 4 is 30.0 Å². The van der Waals surface area contributed by atoms with Crippen molar-refractivity contribution in [2.45, 2.75) is 52.6 Å². The largest absolute Gasteiger partial charge is 0.507 e. The van der Waals surface area contributed by atoms with Crippen molar-refractivity contribution in [1.29, 1.82) is 0 Å². The van der Waals surface area contributed by atoms with Crippen LogP contribution in [-0.2, 0) is 6.42 Å². The van der Waals surface area contributed by atoms with Gasteiger partial charge in [0.25, 0.3) is 5.91 Å². The Morgan fingerprint density at radius 2 is 1.81 bits per heavy atom. The van der Waals surface area contributed by atoms with Gasteiger partial charge in [0.15, 0.2) is 5.96 Å². The van der Waals surface area contributed by atoms with Gasteiger partial charge in [-0.2, -0.15) is 0 Å². The highest BCUT2D eigenvalue weighted by Gasteiger charge is 2.34. The fraction of sp³-hybridized carbons (Fsp3) is 0.391. The molecule has 0 saturated heterocycles. The number of phenolic OH excluding ortho intramolecular Hbond substituents is 1. The van der Waals surface area contributed by atoms with E-state index in [0.29, 0.717) is 30.0 Å². The van der Waals surface area contributed by atoms with Gasteiger partial charge in [0, 0.05) is 24.1 Å². The van der Waals surface area contributed by atoms with E-state index in [4.69, 9.17) is 16.2 Å². The molecule has 0 saturated carbocycles. The van der Waals surface area contributed by atoms with Crippen LogP contribution < -0.4 is 21.5 Å². The maximum Gasteiger partial charge on any atom is 0.251 e. The molecule has 1 atom stereocenters. The highest BCUT2D eigenvalue weighted by molar-refractivity contribution is 5.94. The lowest BCUT2D eigenvalue weighted by molar-refractivity contribution is 0.0543. The van der Waals surface area contributed by atoms with Crippen LogP contribution in [0.5, 0.6) is 11.5 Å². The zero-order valence-electron chi connectivity index (χ0n) is 18.4. The lowest BCUT2D eigenvalue weighted by Gasteiger charge is -2.38. The Hall–Kier alpha value is -2.93. The molecule has 8 heteroatoms. The fourth-order valence-electron chi connectivity index (χ4n) is 3.85. The minimum absolute atomic E-state index is 0. The van der Waals surface area contributed by atoms with E-state index in [9.17, 15) is 9.90 Å². The van der Waals surface area contributed by atoms with Gasteiger partial charge in [0.2, 0.25) is 0 Å². The Balaban J connectivity index is 0.00000341. The van der Waals surface area contributed by atoms with Gasteiger partial charge < -0.3 is 26.6 Å². The van der Waals surface area contributed by atoms with Crippen LogP contribution >= 0.6 is 12.4 Å². The van der Waals surface area contributed by atoms with Gasteiger partial charge in [-0.25, -0.2) is 4.99 Å². The number of nitrogens with one attached hydrogen (secondary N) is 1. The van der Waals surface area contributed by atoms with Crippen molar-refractivity contribution in [2.75, 3.05) is 6.54 Å². The number of halogens is 1. The average molecular weight is 447 g/mol. The maximum atomic E-state index is 12.4. The number of rotatable bonds is 5. The molecule has 1 aliphatic heterocycles. The van der Waals surface area contributed by atoms with E-state index in [-0.39, 0.29) is 29.9 Å². The number of aliphatic imine (C=N–C) groups is 1.